The molecule has 0 bridgehead atoms. The van der Waals surface area contributed by atoms with E-state index in [4.69, 9.17) is 21.8 Å². The van der Waals surface area contributed by atoms with Crippen LogP contribution < -0.4 is 5.73 Å². The van der Waals surface area contributed by atoms with Gasteiger partial charge in [0.1, 0.15) is 5.82 Å². The van der Waals surface area contributed by atoms with Crippen molar-refractivity contribution in [1.82, 2.24) is 10.2 Å². The molecule has 0 radical (unpaired) electrons. The van der Waals surface area contributed by atoms with E-state index in [0.29, 0.717) is 30.3 Å². The van der Waals surface area contributed by atoms with Crippen LogP contribution in [0.15, 0.2) is 22.6 Å². The van der Waals surface area contributed by atoms with E-state index in [1.54, 1.807) is 0 Å². The molecular weight excluding hydrogens is 233 g/mol. The van der Waals surface area contributed by atoms with Gasteiger partial charge < -0.3 is 10.2 Å². The monoisotopic (exact) mass is 241 g/mol. The van der Waals surface area contributed by atoms with Crippen molar-refractivity contribution in [2.75, 3.05) is 6.54 Å². The molecule has 4 nitrogen and oxygen atoms in total. The average molecular weight is 242 g/mol. The molecule has 1 heterocycles. The predicted molar refractivity (Wildman–Crippen MR) is 57.5 cm³/mol. The van der Waals surface area contributed by atoms with E-state index in [1.165, 1.54) is 18.2 Å². The molecule has 2 rings (SSSR count). The SMILES string of the molecule is NCCc1nnc(-c2ccc(F)c(Cl)c2)o1. The van der Waals surface area contributed by atoms with Crippen molar-refractivity contribution in [2.45, 2.75) is 6.42 Å². The summed E-state index contributed by atoms with van der Waals surface area (Å²) >= 11 is 5.65. The van der Waals surface area contributed by atoms with E-state index in [-0.39, 0.29) is 5.02 Å². The maximum atomic E-state index is 12.9. The van der Waals surface area contributed by atoms with Crippen LogP contribution in [0.25, 0.3) is 11.5 Å². The Hall–Kier alpha value is -1.46. The number of nitrogens with zero attached hydrogens (tertiary/aromatic N) is 2. The van der Waals surface area contributed by atoms with Crippen LogP contribution >= 0.6 is 11.6 Å². The smallest absolute Gasteiger partial charge is 0.247 e. The van der Waals surface area contributed by atoms with Gasteiger partial charge in [-0.1, -0.05) is 11.6 Å². The highest BCUT2D eigenvalue weighted by atomic mass is 35.5. The maximum absolute atomic E-state index is 12.9. The molecular formula is C10H9ClFN3O. The first-order valence-electron chi connectivity index (χ1n) is 4.68. The van der Waals surface area contributed by atoms with Crippen LogP contribution in [0.3, 0.4) is 0 Å². The van der Waals surface area contributed by atoms with Crippen LogP contribution in [0.2, 0.25) is 5.02 Å². The Morgan fingerprint density at radius 2 is 2.19 bits per heavy atom. The second kappa shape index (κ2) is 4.59. The first kappa shape index (κ1) is 11.0. The lowest BCUT2D eigenvalue weighted by Crippen LogP contribution is -2.02. The van der Waals surface area contributed by atoms with E-state index in [1.807, 2.05) is 0 Å². The normalized spacial score (nSPS) is 10.7. The summed E-state index contributed by atoms with van der Waals surface area (Å²) in [5.41, 5.74) is 5.94. The standard InChI is InChI=1S/C10H9ClFN3O/c11-7-5-6(1-2-8(7)12)10-15-14-9(16-10)3-4-13/h1-2,5H,3-4,13H2. The predicted octanol–water partition coefficient (Wildman–Crippen LogP) is 2.03. The molecule has 0 spiro atoms. The van der Waals surface area contributed by atoms with Crippen LogP contribution in [0.1, 0.15) is 5.89 Å². The highest BCUT2D eigenvalue weighted by Crippen LogP contribution is 2.23. The summed E-state index contributed by atoms with van der Waals surface area (Å²) in [7, 11) is 0. The lowest BCUT2D eigenvalue weighted by atomic mass is 10.2. The van der Waals surface area contributed by atoms with Gasteiger partial charge in [-0.15, -0.1) is 10.2 Å². The van der Waals surface area contributed by atoms with Crippen molar-refractivity contribution in [3.05, 3.63) is 34.9 Å². The molecule has 2 aromatic rings. The molecule has 6 heteroatoms. The van der Waals surface area contributed by atoms with Crippen molar-refractivity contribution in [1.29, 1.82) is 0 Å². The van der Waals surface area contributed by atoms with E-state index in [2.05, 4.69) is 10.2 Å². The van der Waals surface area contributed by atoms with Gasteiger partial charge in [0.05, 0.1) is 5.02 Å². The lowest BCUT2D eigenvalue weighted by Gasteiger charge is -1.96. The molecule has 0 saturated heterocycles. The quantitative estimate of drug-likeness (QED) is 0.893. The first-order valence-corrected chi connectivity index (χ1v) is 5.06. The van der Waals surface area contributed by atoms with Crippen LogP contribution in [-0.2, 0) is 6.42 Å². The summed E-state index contributed by atoms with van der Waals surface area (Å²) in [4.78, 5) is 0. The molecule has 0 amide bonds. The zero-order valence-corrected chi connectivity index (χ0v) is 9.04. The highest BCUT2D eigenvalue weighted by Gasteiger charge is 2.09. The fourth-order valence-corrected chi connectivity index (χ4v) is 1.40. The molecule has 0 aliphatic carbocycles. The Bertz CT molecular complexity index is 501. The van der Waals surface area contributed by atoms with E-state index >= 15 is 0 Å². The molecule has 1 aromatic heterocycles. The van der Waals surface area contributed by atoms with Crippen molar-refractivity contribution >= 4 is 11.6 Å². The summed E-state index contributed by atoms with van der Waals surface area (Å²) in [6, 6.07) is 4.22. The van der Waals surface area contributed by atoms with Crippen molar-refractivity contribution in [3.8, 4) is 11.5 Å². The Labute approximate surface area is 96.2 Å². The van der Waals surface area contributed by atoms with E-state index < -0.39 is 5.82 Å². The third-order valence-electron chi connectivity index (χ3n) is 1.99. The van der Waals surface area contributed by atoms with Gasteiger partial charge in [-0.3, -0.25) is 0 Å². The van der Waals surface area contributed by atoms with Crippen molar-refractivity contribution in [2.24, 2.45) is 5.73 Å². The summed E-state index contributed by atoms with van der Waals surface area (Å²) < 4.78 is 18.2. The molecule has 0 aliphatic rings. The van der Waals surface area contributed by atoms with Crippen LogP contribution in [-0.4, -0.2) is 16.7 Å². The molecule has 0 unspecified atom stereocenters. The molecule has 84 valence electrons. The fourth-order valence-electron chi connectivity index (χ4n) is 1.22. The second-order valence-electron chi connectivity index (χ2n) is 3.17. The van der Waals surface area contributed by atoms with Crippen molar-refractivity contribution < 1.29 is 8.81 Å². The van der Waals surface area contributed by atoms with Gasteiger partial charge in [-0.2, -0.15) is 0 Å². The van der Waals surface area contributed by atoms with Gasteiger partial charge in [0.15, 0.2) is 0 Å². The summed E-state index contributed by atoms with van der Waals surface area (Å²) in [5, 5.41) is 7.65. The van der Waals surface area contributed by atoms with Crippen LogP contribution in [0.4, 0.5) is 4.39 Å². The van der Waals surface area contributed by atoms with Gasteiger partial charge in [0.2, 0.25) is 11.8 Å². The van der Waals surface area contributed by atoms with Gasteiger partial charge in [0.25, 0.3) is 0 Å². The van der Waals surface area contributed by atoms with E-state index in [0.717, 1.165) is 0 Å². The first-order chi connectivity index (χ1) is 7.70. The number of halogens is 2. The number of hydrogen-bond acceptors (Lipinski definition) is 4. The van der Waals surface area contributed by atoms with Gasteiger partial charge >= 0.3 is 0 Å². The lowest BCUT2D eigenvalue weighted by molar-refractivity contribution is 0.507. The molecule has 0 saturated carbocycles. The highest BCUT2D eigenvalue weighted by molar-refractivity contribution is 6.31. The minimum Gasteiger partial charge on any atom is -0.421 e. The Morgan fingerprint density at radius 1 is 1.38 bits per heavy atom. The fraction of sp³-hybridized carbons (Fsp3) is 0.200. The number of nitrogens with two attached hydrogens (primary N) is 1. The van der Waals surface area contributed by atoms with Crippen molar-refractivity contribution in [3.63, 3.8) is 0 Å². The minimum atomic E-state index is -0.480. The van der Waals surface area contributed by atoms with Crippen LogP contribution in [0.5, 0.6) is 0 Å². The summed E-state index contributed by atoms with van der Waals surface area (Å²) in [5.74, 6) is 0.287. The second-order valence-corrected chi connectivity index (χ2v) is 3.58. The van der Waals surface area contributed by atoms with E-state index in [9.17, 15) is 4.39 Å². The molecule has 2 N–H and O–H groups in total. The molecule has 16 heavy (non-hydrogen) atoms. The third kappa shape index (κ3) is 2.20. The maximum Gasteiger partial charge on any atom is 0.247 e. The summed E-state index contributed by atoms with van der Waals surface area (Å²) in [6.07, 6.45) is 0.516. The Kier molecular flexibility index (Phi) is 3.17. The average Bonchev–Trinajstić information content (AvgIpc) is 2.71. The van der Waals surface area contributed by atoms with Gasteiger partial charge in [0, 0.05) is 18.5 Å². The zero-order chi connectivity index (χ0) is 11.5. The molecule has 0 fully saturated rings. The molecule has 1 aromatic carbocycles. The van der Waals surface area contributed by atoms with Gasteiger partial charge in [-0.05, 0) is 18.2 Å². The Balaban J connectivity index is 2.31. The molecule has 0 aliphatic heterocycles. The zero-order valence-electron chi connectivity index (χ0n) is 8.28. The molecule has 0 atom stereocenters. The third-order valence-corrected chi connectivity index (χ3v) is 2.28. The summed E-state index contributed by atoms with van der Waals surface area (Å²) in [6.45, 7) is 0.436. The topological polar surface area (TPSA) is 64.9 Å². The number of aromatic nitrogens is 2. The Morgan fingerprint density at radius 3 is 2.88 bits per heavy atom. The minimum absolute atomic E-state index is 0.0241. The largest absolute Gasteiger partial charge is 0.421 e. The van der Waals surface area contributed by atoms with Gasteiger partial charge in [-0.25, -0.2) is 4.39 Å². The van der Waals surface area contributed by atoms with Crippen LogP contribution in [0, 0.1) is 5.82 Å². The number of benzene rings is 1. The number of hydrogen-bond donors (Lipinski definition) is 1. The number of rotatable bonds is 3.